The van der Waals surface area contributed by atoms with Gasteiger partial charge in [-0.1, -0.05) is 23.7 Å². The second-order valence-corrected chi connectivity index (χ2v) is 7.48. The summed E-state index contributed by atoms with van der Waals surface area (Å²) in [6.45, 7) is 6.24. The zero-order valence-electron chi connectivity index (χ0n) is 13.7. The molecular weight excluding hydrogens is 346 g/mol. The van der Waals surface area contributed by atoms with Gasteiger partial charge in [-0.2, -0.15) is 0 Å². The van der Waals surface area contributed by atoms with Crippen molar-refractivity contribution in [3.63, 3.8) is 0 Å². The van der Waals surface area contributed by atoms with Crippen LogP contribution in [0, 0.1) is 0 Å². The first kappa shape index (κ1) is 17.4. The van der Waals surface area contributed by atoms with E-state index < -0.39 is 0 Å². The van der Waals surface area contributed by atoms with Gasteiger partial charge in [0.15, 0.2) is 11.7 Å². The molecule has 1 amide bonds. The molecule has 1 aromatic heterocycles. The largest absolute Gasteiger partial charge is 0.364 e. The van der Waals surface area contributed by atoms with Crippen LogP contribution in [0.15, 0.2) is 29.6 Å². The third kappa shape index (κ3) is 4.54. The highest BCUT2D eigenvalue weighted by Gasteiger charge is 2.27. The summed E-state index contributed by atoms with van der Waals surface area (Å²) in [6, 6.07) is 7.50. The summed E-state index contributed by atoms with van der Waals surface area (Å²) in [5.41, 5.74) is 1.82. The van der Waals surface area contributed by atoms with Crippen LogP contribution in [0.5, 0.6) is 0 Å². The number of carbonyl (C=O) groups is 1. The maximum Gasteiger partial charge on any atom is 0.281 e. The minimum absolute atomic E-state index is 0.0108. The van der Waals surface area contributed by atoms with Crippen molar-refractivity contribution in [3.05, 3.63) is 34.7 Å². The van der Waals surface area contributed by atoms with Gasteiger partial charge in [0, 0.05) is 16.0 Å². The number of aromatic nitrogens is 1. The standard InChI is InChI=1S/C17H20ClN3O2S/c1-11-7-21(8-12(2)23-11)9-16(22)20-17-19-15(10-24-17)13-3-5-14(18)6-4-13/h3-6,10-12H,7-9H2,1-2H3,(H,19,20,22)/p+1/t11-,12-/m1/s1. The summed E-state index contributed by atoms with van der Waals surface area (Å²) in [4.78, 5) is 18.0. The van der Waals surface area contributed by atoms with E-state index in [4.69, 9.17) is 16.3 Å². The second kappa shape index (κ2) is 7.61. The van der Waals surface area contributed by atoms with Crippen LogP contribution in [0.4, 0.5) is 5.13 Å². The molecule has 2 N–H and O–H groups in total. The van der Waals surface area contributed by atoms with E-state index in [-0.39, 0.29) is 18.1 Å². The topological polar surface area (TPSA) is 55.7 Å². The minimum atomic E-state index is -0.0108. The van der Waals surface area contributed by atoms with Gasteiger partial charge >= 0.3 is 0 Å². The molecule has 24 heavy (non-hydrogen) atoms. The third-order valence-electron chi connectivity index (χ3n) is 3.92. The number of benzene rings is 1. The summed E-state index contributed by atoms with van der Waals surface area (Å²) in [5.74, 6) is -0.0108. The number of quaternary nitrogens is 1. The Morgan fingerprint density at radius 3 is 2.67 bits per heavy atom. The number of anilines is 1. The average molecular weight is 367 g/mol. The summed E-state index contributed by atoms with van der Waals surface area (Å²) in [7, 11) is 0. The van der Waals surface area contributed by atoms with Crippen molar-refractivity contribution >= 4 is 34.0 Å². The van der Waals surface area contributed by atoms with Crippen molar-refractivity contribution in [1.82, 2.24) is 4.98 Å². The molecule has 1 fully saturated rings. The molecule has 0 bridgehead atoms. The van der Waals surface area contributed by atoms with E-state index in [1.165, 1.54) is 16.2 Å². The smallest absolute Gasteiger partial charge is 0.281 e. The molecule has 1 aromatic carbocycles. The highest BCUT2D eigenvalue weighted by Crippen LogP contribution is 2.25. The summed E-state index contributed by atoms with van der Waals surface area (Å²) >= 11 is 7.33. The van der Waals surface area contributed by atoms with E-state index in [9.17, 15) is 4.79 Å². The first-order chi connectivity index (χ1) is 11.5. The second-order valence-electron chi connectivity index (χ2n) is 6.19. The molecule has 2 heterocycles. The van der Waals surface area contributed by atoms with Gasteiger partial charge < -0.3 is 9.64 Å². The van der Waals surface area contributed by atoms with Crippen LogP contribution in [-0.2, 0) is 9.53 Å². The average Bonchev–Trinajstić information content (AvgIpc) is 2.95. The van der Waals surface area contributed by atoms with Gasteiger partial charge in [0.2, 0.25) is 0 Å². The number of hydrogen-bond donors (Lipinski definition) is 2. The van der Waals surface area contributed by atoms with E-state index in [1.54, 1.807) is 0 Å². The van der Waals surface area contributed by atoms with E-state index in [0.29, 0.717) is 16.7 Å². The lowest BCUT2D eigenvalue weighted by atomic mass is 10.2. The molecule has 5 nitrogen and oxygen atoms in total. The van der Waals surface area contributed by atoms with E-state index >= 15 is 0 Å². The zero-order valence-corrected chi connectivity index (χ0v) is 15.3. The fraction of sp³-hybridized carbons (Fsp3) is 0.412. The molecule has 0 spiro atoms. The predicted octanol–water partition coefficient (Wildman–Crippen LogP) is 2.09. The van der Waals surface area contributed by atoms with Gasteiger partial charge in [0.05, 0.1) is 5.69 Å². The van der Waals surface area contributed by atoms with E-state index in [2.05, 4.69) is 10.3 Å². The molecule has 2 aromatic rings. The predicted molar refractivity (Wildman–Crippen MR) is 96.8 cm³/mol. The van der Waals surface area contributed by atoms with Gasteiger partial charge in [0.25, 0.3) is 5.91 Å². The van der Waals surface area contributed by atoms with Crippen LogP contribution < -0.4 is 10.2 Å². The Hall–Kier alpha value is -1.47. The monoisotopic (exact) mass is 366 g/mol. The maximum atomic E-state index is 12.3. The summed E-state index contributed by atoms with van der Waals surface area (Å²) < 4.78 is 5.70. The number of ether oxygens (including phenoxy) is 1. The molecular formula is C17H21ClN3O2S+. The van der Waals surface area contributed by atoms with Crippen LogP contribution in [0.25, 0.3) is 11.3 Å². The Morgan fingerprint density at radius 1 is 1.33 bits per heavy atom. The van der Waals surface area contributed by atoms with Crippen molar-refractivity contribution in [2.24, 2.45) is 0 Å². The molecule has 1 aliphatic rings. The number of halogens is 1. The maximum absolute atomic E-state index is 12.3. The van der Waals surface area contributed by atoms with Crippen molar-refractivity contribution < 1.29 is 14.4 Å². The first-order valence-electron chi connectivity index (χ1n) is 8.00. The van der Waals surface area contributed by atoms with Crippen LogP contribution >= 0.6 is 22.9 Å². The number of amides is 1. The normalized spacial score (nSPS) is 23.9. The number of hydrogen-bond acceptors (Lipinski definition) is 4. The molecule has 1 aliphatic heterocycles. The first-order valence-corrected chi connectivity index (χ1v) is 9.25. The molecule has 0 saturated carbocycles. The van der Waals surface area contributed by atoms with Gasteiger partial charge in [-0.15, -0.1) is 11.3 Å². The SMILES string of the molecule is C[C@@H]1C[NH+](CC(=O)Nc2nc(-c3ccc(Cl)cc3)cs2)C[C@@H](C)O1. The van der Waals surface area contributed by atoms with E-state index in [1.807, 2.05) is 43.5 Å². The van der Waals surface area contributed by atoms with Gasteiger partial charge in [-0.05, 0) is 26.0 Å². The van der Waals surface area contributed by atoms with Crippen molar-refractivity contribution in [1.29, 1.82) is 0 Å². The Morgan fingerprint density at radius 2 is 2.00 bits per heavy atom. The van der Waals surface area contributed by atoms with Crippen molar-refractivity contribution in [2.75, 3.05) is 25.0 Å². The molecule has 128 valence electrons. The molecule has 0 unspecified atom stereocenters. The fourth-order valence-electron chi connectivity index (χ4n) is 3.01. The van der Waals surface area contributed by atoms with Crippen LogP contribution in [0.2, 0.25) is 5.02 Å². The molecule has 0 radical (unpaired) electrons. The summed E-state index contributed by atoms with van der Waals surface area (Å²) in [5, 5.41) is 6.15. The number of nitrogens with zero attached hydrogens (tertiary/aromatic N) is 1. The quantitative estimate of drug-likeness (QED) is 0.871. The number of thiazole rings is 1. The van der Waals surface area contributed by atoms with Crippen LogP contribution in [-0.4, -0.2) is 42.7 Å². The minimum Gasteiger partial charge on any atom is -0.364 e. The van der Waals surface area contributed by atoms with Crippen LogP contribution in [0.3, 0.4) is 0 Å². The third-order valence-corrected chi connectivity index (χ3v) is 4.93. The number of morpholine rings is 1. The lowest BCUT2D eigenvalue weighted by molar-refractivity contribution is -0.907. The molecule has 1 saturated heterocycles. The summed E-state index contributed by atoms with van der Waals surface area (Å²) in [6.07, 6.45) is 0.376. The Bertz CT molecular complexity index is 694. The molecule has 0 aliphatic carbocycles. The fourth-order valence-corrected chi connectivity index (χ4v) is 3.87. The Balaban J connectivity index is 1.58. The van der Waals surface area contributed by atoms with Gasteiger partial charge in [-0.3, -0.25) is 10.1 Å². The van der Waals surface area contributed by atoms with Gasteiger partial charge in [-0.25, -0.2) is 4.98 Å². The molecule has 7 heteroatoms. The Kier molecular flexibility index (Phi) is 5.50. The zero-order chi connectivity index (χ0) is 17.1. The number of rotatable bonds is 4. The number of carbonyl (C=O) groups excluding carboxylic acids is 1. The van der Waals surface area contributed by atoms with Crippen molar-refractivity contribution in [2.45, 2.75) is 26.1 Å². The lowest BCUT2D eigenvalue weighted by Crippen LogP contribution is -3.16. The number of nitrogens with one attached hydrogen (secondary N) is 2. The lowest BCUT2D eigenvalue weighted by Gasteiger charge is -2.31. The molecule has 3 rings (SSSR count). The molecule has 2 atom stereocenters. The highest BCUT2D eigenvalue weighted by molar-refractivity contribution is 7.14. The highest BCUT2D eigenvalue weighted by atomic mass is 35.5. The van der Waals surface area contributed by atoms with Gasteiger partial charge in [0.1, 0.15) is 25.3 Å². The van der Waals surface area contributed by atoms with Crippen molar-refractivity contribution in [3.8, 4) is 11.3 Å². The van der Waals surface area contributed by atoms with E-state index in [0.717, 1.165) is 24.3 Å². The van der Waals surface area contributed by atoms with Crippen LogP contribution in [0.1, 0.15) is 13.8 Å². The Labute approximate surface area is 150 Å².